The number of nitrogens with one attached hydrogen (secondary N) is 3. The monoisotopic (exact) mass is 1840 g/mol. The van der Waals surface area contributed by atoms with Gasteiger partial charge in [0, 0.05) is 20.8 Å². The standard InChI is InChI=1S/C66H112N3O54P/c1-14(77)67-27-37(87)50(21(8-74)107-57(27)100)117-58-28(68-15(2)78)38(88)52(23(10-76)112-58)119-64-49(99)54(121-66-56(44(94)33(83)20(7-73)111-66)122-59-29(69-16(3)79)39(89)51(22(9-75)113-59)118-61-45(95)40(90)30(80)17(4-70)108-61)36(86)25(115-64)11-104-60-48(98)53(120-62-46(96)41(91)31(81)18(5-71)109-62)35(85)24(114-60)12-105-65-55(43(93)32(82)19(6-72)110-65)123-63-47(97)42(92)34(84)26(116-63)13-106-124(101,102)103/h17-66,70-76,80-100H,4-13H2,1-3H3,(H,67,77)(H,68,78)(H,69,79)(H2,101,102,103)/t17-,18-,19-,20-,21-,22-,23-,24-,25-,26-,27-,28-,29-,30+,31-,32-,33-,34-,35-,36-,37-,38-,39-,40+,41+,42+,43+,44+,45-,46+,47+,48+,49+,50-,51-,52-,53+,54+,55+,56+,57?,58+,59+,60+,61+,62-,63-,64+,65+,66-/m1/s1. The highest BCUT2D eigenvalue weighted by Gasteiger charge is 2.62. The van der Waals surface area contributed by atoms with Crippen LogP contribution in [0.1, 0.15) is 20.8 Å². The van der Waals surface area contributed by atoms with Gasteiger partial charge in [-0.05, 0) is 0 Å². The second kappa shape index (κ2) is 44.5. The largest absolute Gasteiger partial charge is 0.469 e. The molecular weight excluding hydrogens is 1730 g/mol. The zero-order valence-corrected chi connectivity index (χ0v) is 66.5. The first-order valence-corrected chi connectivity index (χ1v) is 40.4. The van der Waals surface area contributed by atoms with Crippen molar-refractivity contribution in [2.45, 2.75) is 328 Å². The minimum Gasteiger partial charge on any atom is -0.394 e. The van der Waals surface area contributed by atoms with Crippen LogP contribution in [-0.4, -0.2) is 543 Å². The van der Waals surface area contributed by atoms with E-state index in [2.05, 4.69) is 20.5 Å². The fraction of sp³-hybridized carbons (Fsp3) is 0.955. The van der Waals surface area contributed by atoms with Gasteiger partial charge in [0.05, 0.1) is 66.1 Å². The van der Waals surface area contributed by atoms with Crippen LogP contribution >= 0.6 is 7.82 Å². The van der Waals surface area contributed by atoms with Gasteiger partial charge in [-0.2, -0.15) is 0 Å². The molecule has 3 amide bonds. The van der Waals surface area contributed by atoms with E-state index in [-0.39, 0.29) is 0 Å². The van der Waals surface area contributed by atoms with E-state index in [1.54, 1.807) is 0 Å². The number of phosphoric acid groups is 1. The molecule has 57 nitrogen and oxygen atoms in total. The third-order valence-electron chi connectivity index (χ3n) is 22.3. The van der Waals surface area contributed by atoms with Crippen LogP contribution in [0.2, 0.25) is 0 Å². The number of hydrogen-bond donors (Lipinski definition) is 33. The van der Waals surface area contributed by atoms with E-state index in [0.717, 1.165) is 20.8 Å². The first-order chi connectivity index (χ1) is 58.5. The minimum atomic E-state index is -5.33. The number of aliphatic hydroxyl groups is 28. The summed E-state index contributed by atoms with van der Waals surface area (Å²) in [5.41, 5.74) is 0. The first-order valence-electron chi connectivity index (χ1n) is 38.9. The SMILES string of the molecule is CC(=O)N[C@H]1[C@H](O[C@H]2[C@H](O)[C@@H](NC(C)=O)C(O)O[C@@H]2CO)O[C@H](CO)[C@@H](O[C@@H]2O[C@H](CO[C@H]3O[C@H](CO[C@H]4O[C@H](CO)[C@@H](O)[C@H](O)[C@@H]4O[C@H]4O[C@H](COP(=O)(O)O)[C@@H](O)[C@H](O)[C@@H]4O)[C@@H](O)[C@H](O[C@H]4O[C@H](CO)[C@@H](O)[C@H](O)[C@@H]4O)[C@@H]3O)[C@@H](O)[C@H](O[C@H]3O[C@H](CO)[C@@H](O)[C@H](O)[C@@H]3O[C@@H]3O[C@H](CO)[C@@H](O[C@@H]4O[C@H](CO)[C@H](O)[C@H](O)[C@H]4O)[C@H](O)[C@H]3NC(C)=O)[C@@H]2O)[C@@H]1O. The Balaban J connectivity index is 0.993. The summed E-state index contributed by atoms with van der Waals surface area (Å²) in [6.45, 7) is -8.81. The summed E-state index contributed by atoms with van der Waals surface area (Å²) < 4.78 is 128. The fourth-order valence-corrected chi connectivity index (χ4v) is 15.9. The number of amides is 3. The summed E-state index contributed by atoms with van der Waals surface area (Å²) in [6, 6.07) is -5.67. The van der Waals surface area contributed by atoms with E-state index in [1.165, 1.54) is 0 Å². The molecule has 0 radical (unpaired) electrons. The molecule has 50 atom stereocenters. The average Bonchev–Trinajstić information content (AvgIpc) is 0.765. The van der Waals surface area contributed by atoms with Crippen molar-refractivity contribution in [2.75, 3.05) is 66.1 Å². The van der Waals surface area contributed by atoms with Gasteiger partial charge >= 0.3 is 7.82 Å². The van der Waals surface area contributed by atoms with Crippen molar-refractivity contribution < 1.29 is 266 Å². The summed E-state index contributed by atoms with van der Waals surface area (Å²) in [6.07, 6.45) is -103. The Bertz CT molecular complexity index is 3380. The van der Waals surface area contributed by atoms with E-state index >= 15 is 0 Å². The van der Waals surface area contributed by atoms with Crippen molar-refractivity contribution in [2.24, 2.45) is 0 Å². The summed E-state index contributed by atoms with van der Waals surface area (Å²) in [7, 11) is -5.33. The van der Waals surface area contributed by atoms with E-state index < -0.39 is 398 Å². The predicted molar refractivity (Wildman–Crippen MR) is 375 cm³/mol. The predicted octanol–water partition coefficient (Wildman–Crippen LogP) is -22.3. The zero-order chi connectivity index (χ0) is 91.4. The molecule has 0 aliphatic carbocycles. The molecule has 124 heavy (non-hydrogen) atoms. The first kappa shape index (κ1) is 103. The molecule has 58 heteroatoms. The minimum absolute atomic E-state index is 0.816. The highest BCUT2D eigenvalue weighted by Crippen LogP contribution is 2.42. The molecule has 0 aromatic heterocycles. The molecule has 720 valence electrons. The number of carbonyl (C=O) groups is 3. The van der Waals surface area contributed by atoms with Crippen molar-refractivity contribution in [1.29, 1.82) is 0 Å². The lowest BCUT2D eigenvalue weighted by Gasteiger charge is -2.51. The van der Waals surface area contributed by atoms with E-state index in [4.69, 9.17) is 90.0 Å². The van der Waals surface area contributed by atoms with Crippen molar-refractivity contribution in [3.05, 3.63) is 0 Å². The van der Waals surface area contributed by atoms with Crippen LogP contribution in [0.3, 0.4) is 0 Å². The topological polar surface area (TPSA) is 896 Å². The number of rotatable bonds is 33. The summed E-state index contributed by atoms with van der Waals surface area (Å²) in [5.74, 6) is -2.79. The Morgan fingerprint density at radius 3 is 0.903 bits per heavy atom. The molecule has 0 bridgehead atoms. The molecule has 10 heterocycles. The molecule has 33 N–H and O–H groups in total. The van der Waals surface area contributed by atoms with Gasteiger partial charge < -0.3 is 259 Å². The second-order valence-corrected chi connectivity index (χ2v) is 32.1. The number of phosphoric ester groups is 1. The summed E-state index contributed by atoms with van der Waals surface area (Å²) in [4.78, 5) is 57.0. The maximum atomic E-state index is 13.1. The van der Waals surface area contributed by atoms with Crippen molar-refractivity contribution in [3.8, 4) is 0 Å². The van der Waals surface area contributed by atoms with Gasteiger partial charge in [-0.3, -0.25) is 18.9 Å². The Hall–Kier alpha value is -3.36. The molecule has 10 saturated heterocycles. The molecule has 0 spiro atoms. The summed E-state index contributed by atoms with van der Waals surface area (Å²) in [5, 5.41) is 320. The van der Waals surface area contributed by atoms with Crippen LogP contribution in [0.5, 0.6) is 0 Å². The van der Waals surface area contributed by atoms with Gasteiger partial charge in [-0.25, -0.2) is 4.57 Å². The van der Waals surface area contributed by atoms with Gasteiger partial charge in [0.2, 0.25) is 17.7 Å². The maximum Gasteiger partial charge on any atom is 0.469 e. The van der Waals surface area contributed by atoms with Gasteiger partial charge in [0.1, 0.15) is 244 Å². The molecule has 10 aliphatic heterocycles. The third kappa shape index (κ3) is 23.1. The highest BCUT2D eigenvalue weighted by molar-refractivity contribution is 7.46. The molecule has 10 aliphatic rings. The van der Waals surface area contributed by atoms with Gasteiger partial charge in [-0.1, -0.05) is 0 Å². The van der Waals surface area contributed by atoms with Gasteiger partial charge in [0.15, 0.2) is 62.9 Å². The van der Waals surface area contributed by atoms with E-state index in [1.807, 2.05) is 0 Å². The Morgan fingerprint density at radius 2 is 0.508 bits per heavy atom. The molecule has 10 rings (SSSR count). The molecular formula is C66H112N3O54P. The van der Waals surface area contributed by atoms with Gasteiger partial charge in [-0.15, -0.1) is 0 Å². The van der Waals surface area contributed by atoms with Crippen LogP contribution < -0.4 is 16.0 Å². The van der Waals surface area contributed by atoms with Gasteiger partial charge in [0.25, 0.3) is 0 Å². The molecule has 1 unspecified atom stereocenters. The molecule has 10 fully saturated rings. The number of carbonyl (C=O) groups excluding carboxylic acids is 3. The van der Waals surface area contributed by atoms with Crippen LogP contribution in [0, 0.1) is 0 Å². The maximum absolute atomic E-state index is 13.1. The van der Waals surface area contributed by atoms with Crippen LogP contribution in [0.25, 0.3) is 0 Å². The highest BCUT2D eigenvalue weighted by atomic mass is 31.2. The number of ether oxygens (including phenoxy) is 19. The lowest BCUT2D eigenvalue weighted by atomic mass is 9.93. The lowest BCUT2D eigenvalue weighted by Crippen LogP contribution is -2.71. The van der Waals surface area contributed by atoms with Crippen LogP contribution in [-0.2, 0) is 113 Å². The third-order valence-corrected chi connectivity index (χ3v) is 22.8. The molecule has 0 saturated carbocycles. The van der Waals surface area contributed by atoms with Crippen molar-refractivity contribution >= 4 is 25.5 Å². The van der Waals surface area contributed by atoms with Crippen LogP contribution in [0.15, 0.2) is 0 Å². The van der Waals surface area contributed by atoms with E-state index in [9.17, 15) is 172 Å². The van der Waals surface area contributed by atoms with E-state index in [0.29, 0.717) is 0 Å². The fourth-order valence-electron chi connectivity index (χ4n) is 15.6. The zero-order valence-electron chi connectivity index (χ0n) is 65.6. The van der Waals surface area contributed by atoms with Crippen molar-refractivity contribution in [3.63, 3.8) is 0 Å². The normalized spacial score (nSPS) is 49.3. The van der Waals surface area contributed by atoms with Crippen LogP contribution in [0.4, 0.5) is 0 Å². The van der Waals surface area contributed by atoms with Crippen molar-refractivity contribution in [1.82, 2.24) is 16.0 Å². The Labute approximate surface area is 699 Å². The number of hydrogen-bond acceptors (Lipinski definition) is 52. The number of aliphatic hydroxyl groups excluding tert-OH is 28. The average molecular weight is 1840 g/mol. The smallest absolute Gasteiger partial charge is 0.394 e. The Morgan fingerprint density at radius 1 is 0.250 bits per heavy atom. The molecule has 0 aromatic carbocycles. The lowest BCUT2D eigenvalue weighted by molar-refractivity contribution is -0.399. The quantitative estimate of drug-likeness (QED) is 0.0271. The Kier molecular flexibility index (Phi) is 36.8. The summed E-state index contributed by atoms with van der Waals surface area (Å²) >= 11 is 0. The second-order valence-electron chi connectivity index (χ2n) is 30.9. The molecule has 0 aromatic rings.